The zero-order chi connectivity index (χ0) is 11.1. The molecule has 0 saturated carbocycles. The van der Waals surface area contributed by atoms with E-state index in [1.165, 1.54) is 36.4 Å². The molecule has 0 amide bonds. The Hall–Kier alpha value is -0.410. The second-order valence-corrected chi connectivity index (χ2v) is 5.17. The fraction of sp³-hybridized carbons (Fsp3) is 0.750. The van der Waals surface area contributed by atoms with Gasteiger partial charge in [-0.05, 0) is 19.8 Å². The van der Waals surface area contributed by atoms with Crippen LogP contribution >= 0.6 is 11.3 Å². The molecule has 86 valence electrons. The number of hydrogen-bond donors (Lipinski definition) is 1. The van der Waals surface area contributed by atoms with Gasteiger partial charge in [0.15, 0.2) is 0 Å². The second kappa shape index (κ2) is 6.96. The minimum atomic E-state index is 0.226. The summed E-state index contributed by atoms with van der Waals surface area (Å²) in [4.78, 5) is 4.59. The van der Waals surface area contributed by atoms with Crippen molar-refractivity contribution in [3.63, 3.8) is 0 Å². The predicted molar refractivity (Wildman–Crippen MR) is 67.3 cm³/mol. The molecule has 2 nitrogen and oxygen atoms in total. The van der Waals surface area contributed by atoms with E-state index in [2.05, 4.69) is 17.3 Å². The van der Waals surface area contributed by atoms with Gasteiger partial charge in [0.25, 0.3) is 0 Å². The van der Waals surface area contributed by atoms with Crippen molar-refractivity contribution in [3.8, 4) is 0 Å². The van der Waals surface area contributed by atoms with E-state index in [-0.39, 0.29) is 6.04 Å². The number of unbranched alkanes of at least 4 members (excludes halogenated alkanes) is 3. The average Bonchev–Trinajstić information content (AvgIpc) is 2.59. The molecule has 2 N–H and O–H groups in total. The van der Waals surface area contributed by atoms with Crippen LogP contribution in [-0.2, 0) is 12.8 Å². The molecule has 0 aliphatic carbocycles. The van der Waals surface area contributed by atoms with Crippen LogP contribution in [0.3, 0.4) is 0 Å². The molecule has 1 unspecified atom stereocenters. The molecule has 1 aromatic rings. The van der Waals surface area contributed by atoms with Gasteiger partial charge in [-0.1, -0.05) is 26.2 Å². The Kier molecular flexibility index (Phi) is 5.88. The first-order valence-electron chi connectivity index (χ1n) is 5.91. The van der Waals surface area contributed by atoms with Crippen LogP contribution in [0.25, 0.3) is 0 Å². The molecule has 0 spiro atoms. The van der Waals surface area contributed by atoms with Crippen LogP contribution in [0, 0.1) is 0 Å². The van der Waals surface area contributed by atoms with Crippen molar-refractivity contribution in [2.75, 3.05) is 0 Å². The Morgan fingerprint density at radius 1 is 1.40 bits per heavy atom. The maximum absolute atomic E-state index is 5.74. The van der Waals surface area contributed by atoms with Crippen LogP contribution < -0.4 is 5.73 Å². The van der Waals surface area contributed by atoms with Gasteiger partial charge in [0.1, 0.15) is 0 Å². The van der Waals surface area contributed by atoms with Crippen molar-refractivity contribution in [1.82, 2.24) is 4.98 Å². The molecule has 0 saturated heterocycles. The summed E-state index contributed by atoms with van der Waals surface area (Å²) < 4.78 is 0. The lowest BCUT2D eigenvalue weighted by Gasteiger charge is -1.99. The van der Waals surface area contributed by atoms with Gasteiger partial charge in [-0.15, -0.1) is 11.3 Å². The van der Waals surface area contributed by atoms with Gasteiger partial charge in [0.05, 0.1) is 10.7 Å². The minimum absolute atomic E-state index is 0.226. The molecular weight excluding hydrogens is 204 g/mol. The highest BCUT2D eigenvalue weighted by Crippen LogP contribution is 2.14. The highest BCUT2D eigenvalue weighted by atomic mass is 32.1. The third-order valence-electron chi connectivity index (χ3n) is 2.38. The molecule has 0 radical (unpaired) electrons. The van der Waals surface area contributed by atoms with Gasteiger partial charge < -0.3 is 5.73 Å². The first kappa shape index (κ1) is 12.7. The molecule has 0 aliphatic heterocycles. The first-order valence-corrected chi connectivity index (χ1v) is 6.79. The average molecular weight is 226 g/mol. The fourth-order valence-corrected chi connectivity index (χ4v) is 2.54. The van der Waals surface area contributed by atoms with E-state index in [4.69, 9.17) is 5.73 Å². The minimum Gasteiger partial charge on any atom is -0.328 e. The summed E-state index contributed by atoms with van der Waals surface area (Å²) in [5.41, 5.74) is 7.00. The number of thiazole rings is 1. The summed E-state index contributed by atoms with van der Waals surface area (Å²) in [7, 11) is 0. The van der Waals surface area contributed by atoms with E-state index < -0.39 is 0 Å². The molecule has 15 heavy (non-hydrogen) atoms. The van der Waals surface area contributed by atoms with Gasteiger partial charge >= 0.3 is 0 Å². The number of rotatable bonds is 7. The van der Waals surface area contributed by atoms with Crippen molar-refractivity contribution < 1.29 is 0 Å². The normalized spacial score (nSPS) is 13.0. The van der Waals surface area contributed by atoms with Crippen molar-refractivity contribution in [3.05, 3.63) is 16.1 Å². The van der Waals surface area contributed by atoms with Crippen molar-refractivity contribution in [2.24, 2.45) is 5.73 Å². The van der Waals surface area contributed by atoms with Crippen molar-refractivity contribution >= 4 is 11.3 Å². The standard InChI is InChI=1S/C12H22N2S/c1-3-4-5-6-7-11-9-15-12(14-11)8-10(2)13/h9-10H,3-8,13H2,1-2H3. The van der Waals surface area contributed by atoms with E-state index in [0.717, 1.165) is 12.8 Å². The molecule has 0 bridgehead atoms. The Bertz CT molecular complexity index is 268. The first-order chi connectivity index (χ1) is 7.22. The van der Waals surface area contributed by atoms with Crippen LogP contribution in [0.4, 0.5) is 0 Å². The largest absolute Gasteiger partial charge is 0.328 e. The maximum atomic E-state index is 5.74. The Morgan fingerprint density at radius 3 is 2.87 bits per heavy atom. The monoisotopic (exact) mass is 226 g/mol. The van der Waals surface area contributed by atoms with Crippen LogP contribution in [0.1, 0.15) is 50.2 Å². The molecule has 1 atom stereocenters. The number of aryl methyl sites for hydroxylation is 1. The van der Waals surface area contributed by atoms with Gasteiger partial charge in [-0.3, -0.25) is 0 Å². The summed E-state index contributed by atoms with van der Waals surface area (Å²) in [6.45, 7) is 4.27. The van der Waals surface area contributed by atoms with E-state index >= 15 is 0 Å². The molecule has 0 fully saturated rings. The molecule has 1 heterocycles. The summed E-state index contributed by atoms with van der Waals surface area (Å²) in [5.74, 6) is 0. The third-order valence-corrected chi connectivity index (χ3v) is 3.30. The number of nitrogens with two attached hydrogens (primary N) is 1. The fourth-order valence-electron chi connectivity index (χ4n) is 1.57. The Balaban J connectivity index is 2.26. The highest BCUT2D eigenvalue weighted by molar-refractivity contribution is 7.09. The quantitative estimate of drug-likeness (QED) is 0.725. The zero-order valence-corrected chi connectivity index (χ0v) is 10.6. The Labute approximate surface area is 96.9 Å². The molecule has 1 aromatic heterocycles. The number of aromatic nitrogens is 1. The lowest BCUT2D eigenvalue weighted by molar-refractivity contribution is 0.659. The van der Waals surface area contributed by atoms with E-state index in [9.17, 15) is 0 Å². The molecule has 3 heteroatoms. The van der Waals surface area contributed by atoms with Crippen LogP contribution in [-0.4, -0.2) is 11.0 Å². The van der Waals surface area contributed by atoms with Crippen LogP contribution in [0.5, 0.6) is 0 Å². The molecule has 0 aromatic carbocycles. The topological polar surface area (TPSA) is 38.9 Å². The highest BCUT2D eigenvalue weighted by Gasteiger charge is 2.04. The van der Waals surface area contributed by atoms with Gasteiger partial charge in [0, 0.05) is 17.8 Å². The van der Waals surface area contributed by atoms with E-state index in [1.807, 2.05) is 6.92 Å². The molecular formula is C12H22N2S. The van der Waals surface area contributed by atoms with Crippen molar-refractivity contribution in [2.45, 2.75) is 58.4 Å². The van der Waals surface area contributed by atoms with Gasteiger partial charge in [0.2, 0.25) is 0 Å². The number of hydrogen-bond acceptors (Lipinski definition) is 3. The van der Waals surface area contributed by atoms with Crippen LogP contribution in [0.2, 0.25) is 0 Å². The van der Waals surface area contributed by atoms with Gasteiger partial charge in [-0.25, -0.2) is 4.98 Å². The lowest BCUT2D eigenvalue weighted by Crippen LogP contribution is -2.17. The van der Waals surface area contributed by atoms with Crippen molar-refractivity contribution in [1.29, 1.82) is 0 Å². The van der Waals surface area contributed by atoms with E-state index in [1.54, 1.807) is 11.3 Å². The smallest absolute Gasteiger partial charge is 0.0943 e. The predicted octanol–water partition coefficient (Wildman–Crippen LogP) is 3.16. The lowest BCUT2D eigenvalue weighted by atomic mass is 10.1. The number of nitrogens with zero attached hydrogens (tertiary/aromatic N) is 1. The second-order valence-electron chi connectivity index (χ2n) is 4.22. The SMILES string of the molecule is CCCCCCc1csc(CC(C)N)n1. The summed E-state index contributed by atoms with van der Waals surface area (Å²) in [6.07, 6.45) is 7.30. The summed E-state index contributed by atoms with van der Waals surface area (Å²) in [5, 5.41) is 3.37. The molecule has 0 aliphatic rings. The van der Waals surface area contributed by atoms with Crippen LogP contribution in [0.15, 0.2) is 5.38 Å². The molecule has 1 rings (SSSR count). The van der Waals surface area contributed by atoms with E-state index in [0.29, 0.717) is 0 Å². The Morgan fingerprint density at radius 2 is 2.20 bits per heavy atom. The maximum Gasteiger partial charge on any atom is 0.0943 e. The summed E-state index contributed by atoms with van der Waals surface area (Å²) >= 11 is 1.75. The van der Waals surface area contributed by atoms with Gasteiger partial charge in [-0.2, -0.15) is 0 Å². The third kappa shape index (κ3) is 5.28. The summed E-state index contributed by atoms with van der Waals surface area (Å²) in [6, 6.07) is 0.226. The zero-order valence-electron chi connectivity index (χ0n) is 9.83.